The molecule has 0 bridgehead atoms. The molecule has 0 saturated heterocycles. The van der Waals surface area contributed by atoms with E-state index in [1.165, 1.54) is 11.1 Å². The molecule has 1 atom stereocenters. The van der Waals surface area contributed by atoms with Gasteiger partial charge in [0.2, 0.25) is 0 Å². The molecule has 0 fully saturated rings. The molecule has 0 amide bonds. The van der Waals surface area contributed by atoms with E-state index >= 15 is 0 Å². The predicted molar refractivity (Wildman–Crippen MR) is 88.9 cm³/mol. The standard InChI is InChI=1S/C17H24ClN3/c1-4-21-12-14(10-20-21)9-16(11-19-13(2)3)15-5-7-17(18)8-6-15/h5-8,10,12-13,16,19H,4,9,11H2,1-3H3. The fourth-order valence-electron chi connectivity index (χ4n) is 2.39. The van der Waals surface area contributed by atoms with Gasteiger partial charge in [0.25, 0.3) is 0 Å². The van der Waals surface area contributed by atoms with Crippen LogP contribution in [0.15, 0.2) is 36.7 Å². The van der Waals surface area contributed by atoms with Gasteiger partial charge in [-0.1, -0.05) is 37.6 Å². The molecule has 4 heteroatoms. The van der Waals surface area contributed by atoms with Crippen LogP contribution in [-0.4, -0.2) is 22.4 Å². The largest absolute Gasteiger partial charge is 0.314 e. The van der Waals surface area contributed by atoms with Crippen molar-refractivity contribution >= 4 is 11.6 Å². The van der Waals surface area contributed by atoms with Crippen LogP contribution < -0.4 is 5.32 Å². The van der Waals surface area contributed by atoms with Crippen molar-refractivity contribution in [3.63, 3.8) is 0 Å². The van der Waals surface area contributed by atoms with Gasteiger partial charge in [0.05, 0.1) is 6.20 Å². The maximum absolute atomic E-state index is 6.00. The highest BCUT2D eigenvalue weighted by molar-refractivity contribution is 6.30. The van der Waals surface area contributed by atoms with Gasteiger partial charge < -0.3 is 5.32 Å². The van der Waals surface area contributed by atoms with Crippen molar-refractivity contribution in [2.75, 3.05) is 6.54 Å². The summed E-state index contributed by atoms with van der Waals surface area (Å²) in [5.41, 5.74) is 2.60. The minimum absolute atomic E-state index is 0.430. The van der Waals surface area contributed by atoms with Crippen molar-refractivity contribution in [3.8, 4) is 0 Å². The van der Waals surface area contributed by atoms with E-state index in [1.54, 1.807) is 0 Å². The third-order valence-electron chi connectivity index (χ3n) is 3.61. The van der Waals surface area contributed by atoms with Gasteiger partial charge >= 0.3 is 0 Å². The Morgan fingerprint density at radius 3 is 2.52 bits per heavy atom. The van der Waals surface area contributed by atoms with E-state index in [-0.39, 0.29) is 0 Å². The van der Waals surface area contributed by atoms with E-state index in [0.29, 0.717) is 12.0 Å². The number of aryl methyl sites for hydroxylation is 1. The van der Waals surface area contributed by atoms with Crippen molar-refractivity contribution in [2.45, 2.75) is 45.7 Å². The van der Waals surface area contributed by atoms with Crippen LogP contribution in [0.1, 0.15) is 37.8 Å². The van der Waals surface area contributed by atoms with E-state index in [2.05, 4.69) is 49.5 Å². The van der Waals surface area contributed by atoms with Crippen LogP contribution in [0.2, 0.25) is 5.02 Å². The fourth-order valence-corrected chi connectivity index (χ4v) is 2.52. The van der Waals surface area contributed by atoms with Crippen molar-refractivity contribution in [1.82, 2.24) is 15.1 Å². The second-order valence-corrected chi connectivity index (χ2v) is 6.16. The lowest BCUT2D eigenvalue weighted by atomic mass is 9.93. The van der Waals surface area contributed by atoms with Gasteiger partial charge in [0.1, 0.15) is 0 Å². The number of hydrogen-bond acceptors (Lipinski definition) is 2. The highest BCUT2D eigenvalue weighted by Crippen LogP contribution is 2.22. The van der Waals surface area contributed by atoms with Crippen LogP contribution in [0.3, 0.4) is 0 Å². The topological polar surface area (TPSA) is 29.9 Å². The SMILES string of the molecule is CCn1cc(CC(CNC(C)C)c2ccc(Cl)cc2)cn1. The zero-order chi connectivity index (χ0) is 15.2. The molecule has 1 unspecified atom stereocenters. The number of aromatic nitrogens is 2. The summed E-state index contributed by atoms with van der Waals surface area (Å²) in [7, 11) is 0. The van der Waals surface area contributed by atoms with Crippen LogP contribution in [0.4, 0.5) is 0 Å². The average molecular weight is 306 g/mol. The molecule has 0 spiro atoms. The zero-order valence-corrected chi connectivity index (χ0v) is 13.8. The van der Waals surface area contributed by atoms with Crippen LogP contribution in [0.25, 0.3) is 0 Å². The minimum atomic E-state index is 0.430. The quantitative estimate of drug-likeness (QED) is 0.841. The van der Waals surface area contributed by atoms with Gasteiger partial charge in [-0.25, -0.2) is 0 Å². The van der Waals surface area contributed by atoms with Gasteiger partial charge in [0.15, 0.2) is 0 Å². The number of benzene rings is 1. The fraction of sp³-hybridized carbons (Fsp3) is 0.471. The first-order chi connectivity index (χ1) is 10.1. The zero-order valence-electron chi connectivity index (χ0n) is 13.0. The molecule has 1 heterocycles. The van der Waals surface area contributed by atoms with Gasteiger partial charge in [-0.05, 0) is 36.6 Å². The van der Waals surface area contributed by atoms with Crippen LogP contribution in [0.5, 0.6) is 0 Å². The van der Waals surface area contributed by atoms with Gasteiger partial charge in [0, 0.05) is 36.3 Å². The second kappa shape index (κ2) is 7.62. The Hall–Kier alpha value is -1.32. The molecular weight excluding hydrogens is 282 g/mol. The molecule has 2 aromatic rings. The number of hydrogen-bond donors (Lipinski definition) is 1. The smallest absolute Gasteiger partial charge is 0.0521 e. The van der Waals surface area contributed by atoms with Crippen molar-refractivity contribution in [3.05, 3.63) is 52.8 Å². The first-order valence-corrected chi connectivity index (χ1v) is 7.96. The van der Waals surface area contributed by atoms with Crippen molar-refractivity contribution in [2.24, 2.45) is 0 Å². The third kappa shape index (κ3) is 4.87. The molecular formula is C17H24ClN3. The molecule has 0 aliphatic heterocycles. The van der Waals surface area contributed by atoms with Crippen molar-refractivity contribution < 1.29 is 0 Å². The minimum Gasteiger partial charge on any atom is -0.314 e. The number of nitrogens with one attached hydrogen (secondary N) is 1. The van der Waals surface area contributed by atoms with Gasteiger partial charge in [-0.2, -0.15) is 5.10 Å². The number of nitrogens with zero attached hydrogens (tertiary/aromatic N) is 2. The molecule has 114 valence electrons. The van der Waals surface area contributed by atoms with Gasteiger partial charge in [-0.3, -0.25) is 4.68 Å². The predicted octanol–water partition coefficient (Wildman–Crippen LogP) is 3.88. The maximum Gasteiger partial charge on any atom is 0.0521 e. The van der Waals surface area contributed by atoms with E-state index in [1.807, 2.05) is 23.0 Å². The molecule has 0 aliphatic rings. The molecule has 1 aromatic heterocycles. The summed E-state index contributed by atoms with van der Waals surface area (Å²) in [6, 6.07) is 8.67. The summed E-state index contributed by atoms with van der Waals surface area (Å²) >= 11 is 6.00. The third-order valence-corrected chi connectivity index (χ3v) is 3.86. The molecule has 0 radical (unpaired) electrons. The van der Waals surface area contributed by atoms with Gasteiger partial charge in [-0.15, -0.1) is 0 Å². The Labute approximate surface area is 132 Å². The maximum atomic E-state index is 6.00. The molecule has 3 nitrogen and oxygen atoms in total. The summed E-state index contributed by atoms with van der Waals surface area (Å²) in [5, 5.41) is 8.69. The normalized spacial score (nSPS) is 12.8. The lowest BCUT2D eigenvalue weighted by Crippen LogP contribution is -2.28. The van der Waals surface area contributed by atoms with Crippen molar-refractivity contribution in [1.29, 1.82) is 0 Å². The Kier molecular flexibility index (Phi) is 5.83. The summed E-state index contributed by atoms with van der Waals surface area (Å²) < 4.78 is 1.98. The van der Waals surface area contributed by atoms with E-state index < -0.39 is 0 Å². The molecule has 1 N–H and O–H groups in total. The number of rotatable bonds is 7. The Balaban J connectivity index is 2.12. The van der Waals surface area contributed by atoms with E-state index in [4.69, 9.17) is 11.6 Å². The molecule has 0 saturated carbocycles. The highest BCUT2D eigenvalue weighted by Gasteiger charge is 2.14. The molecule has 0 aliphatic carbocycles. The Bertz CT molecular complexity index is 545. The summed E-state index contributed by atoms with van der Waals surface area (Å²) in [6.45, 7) is 8.32. The lowest BCUT2D eigenvalue weighted by Gasteiger charge is -2.19. The molecule has 2 rings (SSSR count). The summed E-state index contributed by atoms with van der Waals surface area (Å²) in [6.07, 6.45) is 5.10. The summed E-state index contributed by atoms with van der Waals surface area (Å²) in [4.78, 5) is 0. The Morgan fingerprint density at radius 1 is 1.24 bits per heavy atom. The first kappa shape index (κ1) is 16.1. The lowest BCUT2D eigenvalue weighted by molar-refractivity contribution is 0.526. The summed E-state index contributed by atoms with van der Waals surface area (Å²) in [5.74, 6) is 0.430. The first-order valence-electron chi connectivity index (χ1n) is 7.58. The van der Waals surface area contributed by atoms with E-state index in [9.17, 15) is 0 Å². The monoisotopic (exact) mass is 305 g/mol. The average Bonchev–Trinajstić information content (AvgIpc) is 2.92. The number of halogens is 1. The van der Waals surface area contributed by atoms with Crippen LogP contribution >= 0.6 is 11.6 Å². The van der Waals surface area contributed by atoms with Crippen LogP contribution in [0, 0.1) is 0 Å². The van der Waals surface area contributed by atoms with Crippen LogP contribution in [-0.2, 0) is 13.0 Å². The molecule has 21 heavy (non-hydrogen) atoms. The Morgan fingerprint density at radius 2 is 1.95 bits per heavy atom. The second-order valence-electron chi connectivity index (χ2n) is 5.72. The highest BCUT2D eigenvalue weighted by atomic mass is 35.5. The molecule has 1 aromatic carbocycles. The van der Waals surface area contributed by atoms with E-state index in [0.717, 1.165) is 24.5 Å².